The first-order valence-corrected chi connectivity index (χ1v) is 41.5. The van der Waals surface area contributed by atoms with Crippen LogP contribution in [0.5, 0.6) is 34.5 Å². The molecule has 0 N–H and O–H groups in total. The van der Waals surface area contributed by atoms with E-state index in [0.717, 1.165) is 122 Å². The van der Waals surface area contributed by atoms with Gasteiger partial charge in [0.25, 0.3) is 0 Å². The Balaban J connectivity index is 0.553. The second kappa shape index (κ2) is 34.1. The van der Waals surface area contributed by atoms with Crippen molar-refractivity contribution in [3.05, 3.63) is 262 Å². The lowest BCUT2D eigenvalue weighted by Crippen LogP contribution is -2.46. The Morgan fingerprint density at radius 2 is 0.739 bits per heavy atom. The highest BCUT2D eigenvalue weighted by atomic mass is 16.6. The molecule has 2 heterocycles. The fourth-order valence-electron chi connectivity index (χ4n) is 18.9. The summed E-state index contributed by atoms with van der Waals surface area (Å²) in [6.45, 7) is 23.3. The minimum absolute atomic E-state index is 0.0438. The molecule has 0 amide bonds. The Hall–Kier alpha value is -10.9. The highest BCUT2D eigenvalue weighted by Crippen LogP contribution is 2.61. The molecule has 0 aromatic heterocycles. The molecule has 4 unspecified atom stereocenters. The van der Waals surface area contributed by atoms with E-state index in [-0.39, 0.29) is 63.7 Å². The average molecular weight is 1610 g/mol. The van der Waals surface area contributed by atoms with Gasteiger partial charge in [-0.25, -0.2) is 0 Å². The SMILES string of the molecule is CCC(CC)(OC(C)CC(C)(C)OC(C)(C)CC(C)OC(C)(C)C(=O)CCC(=O)OCCOC1(C)c2ccccc2-c2c1c1c(c3ccccc23)OC(c2ccc(OC)cc2)(c2ccc(OC)cc2)C=C1)C(=O)CCC(=O)OCCOC1(C)c2ccccc2-c2c1c1c(c3ccccc23)OC(c2ccc(OC)cc2)(c2ccc(OC)cc2)C=C1. The second-order valence-corrected chi connectivity index (χ2v) is 33.6. The molecule has 14 rings (SSSR count). The molecule has 119 heavy (non-hydrogen) atoms. The number of benzene rings is 10. The van der Waals surface area contributed by atoms with E-state index in [1.807, 2.05) is 201 Å². The number of fused-ring (bicyclic) bond motifs is 16. The second-order valence-electron chi connectivity index (χ2n) is 33.6. The van der Waals surface area contributed by atoms with E-state index in [4.69, 9.17) is 61.6 Å². The number of carbonyl (C=O) groups is 4. The van der Waals surface area contributed by atoms with E-state index >= 15 is 0 Å². The minimum Gasteiger partial charge on any atom is -0.497 e. The van der Waals surface area contributed by atoms with Crippen molar-refractivity contribution in [2.24, 2.45) is 0 Å². The van der Waals surface area contributed by atoms with Crippen LogP contribution in [0, 0.1) is 0 Å². The van der Waals surface area contributed by atoms with E-state index in [1.165, 1.54) is 0 Å². The first kappa shape index (κ1) is 84.5. The number of ether oxygens (including phenoxy) is 13. The molecule has 0 saturated heterocycles. The van der Waals surface area contributed by atoms with Gasteiger partial charge in [0.05, 0.1) is 77.9 Å². The van der Waals surface area contributed by atoms with Crippen LogP contribution in [-0.2, 0) is 74.7 Å². The third kappa shape index (κ3) is 16.3. The van der Waals surface area contributed by atoms with Crippen LogP contribution < -0.4 is 28.4 Å². The summed E-state index contributed by atoms with van der Waals surface area (Å²) in [5, 5.41) is 3.93. The number of rotatable bonds is 36. The standard InChI is InChI=1S/C102H110O17/c1-17-100(18-2,86(104)52-54-88(106)112-60-62-114-99(12)84-34-26-24-32-80(84)90-76-28-20-22-30-78(76)94-82(92(90)99)56-58-102(118-94,69-39-47-73(109-15)48-40-69)70-41-49-74(110-16)50-42-70)116-66(4)64-96(7,8)119-95(5,6)63-65(3)115-97(9,10)85(103)51-53-87(105)111-59-61-113-98(11)83-33-25-23-31-79(83)89-75-27-19-21-29-77(75)93-81(91(89)98)55-57-101(117-93,67-35-43-71(107-13)44-36-67)68-37-45-72(108-14)46-38-68/h19-50,55-58,65-66H,17-18,51-54,59-64H2,1-16H3. The monoisotopic (exact) mass is 1610 g/mol. The smallest absolute Gasteiger partial charge is 0.306 e. The molecule has 17 heteroatoms. The van der Waals surface area contributed by atoms with Crippen molar-refractivity contribution in [2.45, 2.75) is 191 Å². The van der Waals surface area contributed by atoms with Crippen LogP contribution >= 0.6 is 0 Å². The molecule has 0 spiro atoms. The largest absolute Gasteiger partial charge is 0.497 e. The quantitative estimate of drug-likeness (QED) is 0.0266. The number of hydrogen-bond donors (Lipinski definition) is 0. The molecule has 0 radical (unpaired) electrons. The number of esters is 2. The van der Waals surface area contributed by atoms with Gasteiger partial charge < -0.3 is 61.6 Å². The Bertz CT molecular complexity index is 5380. The van der Waals surface area contributed by atoms with Gasteiger partial charge in [-0.1, -0.05) is 172 Å². The van der Waals surface area contributed by atoms with E-state index in [2.05, 4.69) is 86.7 Å². The van der Waals surface area contributed by atoms with E-state index in [1.54, 1.807) is 42.3 Å². The van der Waals surface area contributed by atoms with Crippen molar-refractivity contribution in [1.29, 1.82) is 0 Å². The van der Waals surface area contributed by atoms with Gasteiger partial charge in [-0.3, -0.25) is 19.2 Å². The highest BCUT2D eigenvalue weighted by Gasteiger charge is 2.50. The molecule has 0 fully saturated rings. The summed E-state index contributed by atoms with van der Waals surface area (Å²) in [5.74, 6) is 2.87. The van der Waals surface area contributed by atoms with E-state index < -0.39 is 69.0 Å². The van der Waals surface area contributed by atoms with Crippen molar-refractivity contribution in [3.8, 4) is 56.8 Å². The van der Waals surface area contributed by atoms with Gasteiger partial charge >= 0.3 is 11.9 Å². The normalized spacial score (nSPS) is 17.1. The molecule has 10 aromatic rings. The van der Waals surface area contributed by atoms with Gasteiger partial charge in [0.15, 0.2) is 22.8 Å². The van der Waals surface area contributed by atoms with Crippen LogP contribution in [0.2, 0.25) is 0 Å². The summed E-state index contributed by atoms with van der Waals surface area (Å²) < 4.78 is 83.1. The van der Waals surface area contributed by atoms with Gasteiger partial charge in [-0.2, -0.15) is 0 Å². The Labute approximate surface area is 699 Å². The fraction of sp³-hybridized carbons (Fsp3) is 0.373. The summed E-state index contributed by atoms with van der Waals surface area (Å²) >= 11 is 0. The van der Waals surface area contributed by atoms with Crippen LogP contribution in [-0.4, -0.2) is 113 Å². The lowest BCUT2D eigenvalue weighted by atomic mass is 9.80. The molecule has 2 aliphatic heterocycles. The topological polar surface area (TPSA) is 188 Å². The van der Waals surface area contributed by atoms with Crippen molar-refractivity contribution >= 4 is 57.2 Å². The predicted molar refractivity (Wildman–Crippen MR) is 464 cm³/mol. The zero-order valence-corrected chi connectivity index (χ0v) is 71.4. The van der Waals surface area contributed by atoms with Crippen LogP contribution in [0.25, 0.3) is 56.0 Å². The Morgan fingerprint density at radius 3 is 1.10 bits per heavy atom. The van der Waals surface area contributed by atoms with Gasteiger partial charge in [0.2, 0.25) is 0 Å². The highest BCUT2D eigenvalue weighted by molar-refractivity contribution is 6.10. The van der Waals surface area contributed by atoms with Gasteiger partial charge in [-0.15, -0.1) is 0 Å². The lowest BCUT2D eigenvalue weighted by molar-refractivity contribution is -0.183. The number of ketones is 2. The van der Waals surface area contributed by atoms with Crippen molar-refractivity contribution in [1.82, 2.24) is 0 Å². The Kier molecular flexibility index (Phi) is 24.2. The third-order valence-electron chi connectivity index (χ3n) is 24.3. The van der Waals surface area contributed by atoms with Gasteiger partial charge in [-0.05, 0) is 187 Å². The van der Waals surface area contributed by atoms with E-state index in [9.17, 15) is 19.2 Å². The summed E-state index contributed by atoms with van der Waals surface area (Å²) in [6.07, 6.45) is 8.90. The van der Waals surface area contributed by atoms with E-state index in [0.29, 0.717) is 37.2 Å². The molecule has 4 aliphatic rings. The maximum atomic E-state index is 14.4. The van der Waals surface area contributed by atoms with Crippen LogP contribution in [0.4, 0.5) is 0 Å². The third-order valence-corrected chi connectivity index (χ3v) is 24.3. The molecule has 4 atom stereocenters. The lowest BCUT2D eigenvalue weighted by Gasteiger charge is -2.41. The zero-order valence-electron chi connectivity index (χ0n) is 71.4. The first-order chi connectivity index (χ1) is 57.0. The number of carbonyl (C=O) groups excluding carboxylic acids is 4. The summed E-state index contributed by atoms with van der Waals surface area (Å²) in [6, 6.07) is 65.0. The van der Waals surface area contributed by atoms with Crippen molar-refractivity contribution < 1.29 is 80.8 Å². The maximum absolute atomic E-state index is 14.4. The maximum Gasteiger partial charge on any atom is 0.306 e. The first-order valence-electron chi connectivity index (χ1n) is 41.5. The van der Waals surface area contributed by atoms with Gasteiger partial charge in [0.1, 0.15) is 70.1 Å². The Morgan fingerprint density at radius 1 is 0.403 bits per heavy atom. The number of methoxy groups -OCH3 is 4. The van der Waals surface area contributed by atoms with Crippen molar-refractivity contribution in [2.75, 3.05) is 54.9 Å². The predicted octanol–water partition coefficient (Wildman–Crippen LogP) is 21.2. The zero-order chi connectivity index (χ0) is 84.5. The molecular weight excluding hydrogens is 1500 g/mol. The molecule has 10 aromatic carbocycles. The van der Waals surface area contributed by atoms with Crippen LogP contribution in [0.3, 0.4) is 0 Å². The molecular formula is C102H110O17. The van der Waals surface area contributed by atoms with Crippen LogP contribution in [0.15, 0.2) is 206 Å². The van der Waals surface area contributed by atoms with Crippen molar-refractivity contribution in [3.63, 3.8) is 0 Å². The molecule has 0 bridgehead atoms. The van der Waals surface area contributed by atoms with Crippen LogP contribution in [0.1, 0.15) is 190 Å². The average Bonchev–Trinajstić information content (AvgIpc) is 1.55. The molecule has 620 valence electrons. The summed E-state index contributed by atoms with van der Waals surface area (Å²) in [7, 11) is 6.61. The fourth-order valence-corrected chi connectivity index (χ4v) is 18.9. The summed E-state index contributed by atoms with van der Waals surface area (Å²) in [4.78, 5) is 55.6. The number of hydrogen-bond acceptors (Lipinski definition) is 17. The minimum atomic E-state index is -1.24. The van der Waals surface area contributed by atoms with Gasteiger partial charge in [0, 0.05) is 81.0 Å². The number of Topliss-reactive ketones (excluding diaryl/α,β-unsaturated/α-hetero) is 2. The summed E-state index contributed by atoms with van der Waals surface area (Å²) in [5.41, 5.74) is 5.52. The molecule has 17 nitrogen and oxygen atoms in total. The molecule has 0 saturated carbocycles. The molecule has 2 aliphatic carbocycles.